The maximum absolute atomic E-state index is 12.1. The summed E-state index contributed by atoms with van der Waals surface area (Å²) in [5, 5.41) is 2.95. The monoisotopic (exact) mass is 375 g/mol. The molecule has 1 N–H and O–H groups in total. The SMILES string of the molecule is C=C.CC/C(C)=C\C/C=C\CNC(=O)CC1=CC=C(c2ccccc2)CC=C1. The molecule has 0 saturated heterocycles. The standard InChI is InChI=1S/C24H29NO.C2H4/c1-3-20(2)11-6-5-9-18-25-24(26)19-21-12-10-15-23(17-16-21)22-13-7-4-8-14-22;1-2/h4-5,7-14,16-17H,3,6,15,18-19H2,1-2H3,(H,25,26);1-2H2/b9-5-,20-11-;. The third-order valence-corrected chi connectivity index (χ3v) is 4.42. The van der Waals surface area contributed by atoms with E-state index >= 15 is 0 Å². The zero-order valence-corrected chi connectivity index (χ0v) is 17.3. The molecule has 0 radical (unpaired) electrons. The molecule has 1 aliphatic rings. The summed E-state index contributed by atoms with van der Waals surface area (Å²) in [5.41, 5.74) is 4.94. The molecular formula is C26H33NO. The molecule has 0 aliphatic heterocycles. The fraction of sp³-hybridized carbons (Fsp3) is 0.269. The van der Waals surface area contributed by atoms with Crippen molar-refractivity contribution >= 4 is 11.5 Å². The van der Waals surface area contributed by atoms with Gasteiger partial charge in [-0.15, -0.1) is 13.2 Å². The maximum Gasteiger partial charge on any atom is 0.224 e. The van der Waals surface area contributed by atoms with Crippen LogP contribution >= 0.6 is 0 Å². The van der Waals surface area contributed by atoms with Gasteiger partial charge < -0.3 is 5.32 Å². The normalized spacial score (nSPS) is 13.9. The Kier molecular flexibility index (Phi) is 11.8. The lowest BCUT2D eigenvalue weighted by Crippen LogP contribution is -2.23. The van der Waals surface area contributed by atoms with E-state index in [4.69, 9.17) is 0 Å². The summed E-state index contributed by atoms with van der Waals surface area (Å²) < 4.78 is 0. The maximum atomic E-state index is 12.1. The molecule has 0 unspecified atom stereocenters. The average molecular weight is 376 g/mol. The predicted octanol–water partition coefficient (Wildman–Crippen LogP) is 6.57. The highest BCUT2D eigenvalue weighted by Crippen LogP contribution is 2.22. The van der Waals surface area contributed by atoms with E-state index in [1.807, 2.05) is 12.1 Å². The summed E-state index contributed by atoms with van der Waals surface area (Å²) in [6.45, 7) is 10.9. The number of carbonyl (C=O) groups excluding carboxylic acids is 1. The van der Waals surface area contributed by atoms with Crippen LogP contribution < -0.4 is 5.32 Å². The number of nitrogens with one attached hydrogen (secondary N) is 1. The van der Waals surface area contributed by atoms with Crippen LogP contribution in [0.4, 0.5) is 0 Å². The molecule has 28 heavy (non-hydrogen) atoms. The van der Waals surface area contributed by atoms with E-state index in [2.05, 4.69) is 93.0 Å². The van der Waals surface area contributed by atoms with Crippen LogP contribution in [-0.2, 0) is 4.79 Å². The molecule has 0 aromatic heterocycles. The van der Waals surface area contributed by atoms with E-state index in [1.54, 1.807) is 0 Å². The minimum atomic E-state index is 0.0578. The second kappa shape index (κ2) is 14.2. The summed E-state index contributed by atoms with van der Waals surface area (Å²) >= 11 is 0. The van der Waals surface area contributed by atoms with Crippen LogP contribution in [0.3, 0.4) is 0 Å². The van der Waals surface area contributed by atoms with Gasteiger partial charge in [-0.1, -0.05) is 85.4 Å². The van der Waals surface area contributed by atoms with Crippen molar-refractivity contribution in [1.29, 1.82) is 0 Å². The Morgan fingerprint density at radius 1 is 1.14 bits per heavy atom. The molecular weight excluding hydrogens is 342 g/mol. The van der Waals surface area contributed by atoms with Gasteiger partial charge in [0, 0.05) is 6.54 Å². The van der Waals surface area contributed by atoms with Crippen LogP contribution in [0.2, 0.25) is 0 Å². The largest absolute Gasteiger partial charge is 0.352 e. The minimum absolute atomic E-state index is 0.0578. The summed E-state index contributed by atoms with van der Waals surface area (Å²) in [6.07, 6.45) is 18.0. The fourth-order valence-corrected chi connectivity index (χ4v) is 2.67. The van der Waals surface area contributed by atoms with E-state index in [9.17, 15) is 4.79 Å². The number of hydrogen-bond acceptors (Lipinski definition) is 1. The molecule has 0 bridgehead atoms. The molecule has 0 saturated carbocycles. The van der Waals surface area contributed by atoms with Gasteiger partial charge in [-0.3, -0.25) is 4.79 Å². The van der Waals surface area contributed by atoms with Crippen molar-refractivity contribution in [3.05, 3.63) is 103 Å². The third kappa shape index (κ3) is 9.18. The number of rotatable bonds is 8. The number of hydrogen-bond donors (Lipinski definition) is 1. The van der Waals surface area contributed by atoms with Crippen molar-refractivity contribution in [1.82, 2.24) is 5.32 Å². The topological polar surface area (TPSA) is 29.1 Å². The Morgan fingerprint density at radius 3 is 2.61 bits per heavy atom. The number of amides is 1. The van der Waals surface area contributed by atoms with Crippen molar-refractivity contribution in [3.8, 4) is 0 Å². The van der Waals surface area contributed by atoms with E-state index in [0.29, 0.717) is 13.0 Å². The van der Waals surface area contributed by atoms with Crippen LogP contribution in [0.5, 0.6) is 0 Å². The molecule has 0 heterocycles. The van der Waals surface area contributed by atoms with Gasteiger partial charge in [0.2, 0.25) is 5.91 Å². The predicted molar refractivity (Wildman–Crippen MR) is 123 cm³/mol. The lowest BCUT2D eigenvalue weighted by Gasteiger charge is -2.03. The summed E-state index contributed by atoms with van der Waals surface area (Å²) in [7, 11) is 0. The van der Waals surface area contributed by atoms with Gasteiger partial charge in [0.1, 0.15) is 0 Å². The first kappa shape index (κ1) is 23.2. The zero-order valence-electron chi connectivity index (χ0n) is 17.3. The molecule has 2 heteroatoms. The van der Waals surface area contributed by atoms with Gasteiger partial charge >= 0.3 is 0 Å². The molecule has 1 aromatic carbocycles. The molecule has 148 valence electrons. The van der Waals surface area contributed by atoms with Crippen molar-refractivity contribution in [2.45, 2.75) is 39.5 Å². The second-order valence-electron chi connectivity index (χ2n) is 6.50. The molecule has 0 fully saturated rings. The van der Waals surface area contributed by atoms with Gasteiger partial charge in [-0.05, 0) is 42.9 Å². The van der Waals surface area contributed by atoms with Gasteiger partial charge in [0.05, 0.1) is 6.42 Å². The summed E-state index contributed by atoms with van der Waals surface area (Å²) in [5.74, 6) is 0.0578. The molecule has 0 atom stereocenters. The highest BCUT2D eigenvalue weighted by Gasteiger charge is 2.06. The molecule has 1 amide bonds. The van der Waals surface area contributed by atoms with E-state index in [0.717, 1.165) is 24.8 Å². The average Bonchev–Trinajstić information content (AvgIpc) is 2.98. The van der Waals surface area contributed by atoms with E-state index < -0.39 is 0 Å². The molecule has 1 aromatic rings. The van der Waals surface area contributed by atoms with E-state index in [-0.39, 0.29) is 5.91 Å². The van der Waals surface area contributed by atoms with Crippen LogP contribution in [0.1, 0.15) is 45.1 Å². The number of benzene rings is 1. The first-order valence-corrected chi connectivity index (χ1v) is 9.88. The Morgan fingerprint density at radius 2 is 1.89 bits per heavy atom. The highest BCUT2D eigenvalue weighted by atomic mass is 16.1. The zero-order chi connectivity index (χ0) is 20.6. The van der Waals surface area contributed by atoms with Crippen LogP contribution in [0.15, 0.2) is 97.2 Å². The summed E-state index contributed by atoms with van der Waals surface area (Å²) in [6, 6.07) is 10.4. The lowest BCUT2D eigenvalue weighted by atomic mass is 10.0. The van der Waals surface area contributed by atoms with Crippen molar-refractivity contribution in [2.24, 2.45) is 0 Å². The van der Waals surface area contributed by atoms with Crippen LogP contribution in [0, 0.1) is 0 Å². The molecule has 0 spiro atoms. The van der Waals surface area contributed by atoms with Gasteiger partial charge in [-0.25, -0.2) is 0 Å². The number of carbonyl (C=O) groups is 1. The van der Waals surface area contributed by atoms with Crippen molar-refractivity contribution in [3.63, 3.8) is 0 Å². The first-order chi connectivity index (χ1) is 13.7. The van der Waals surface area contributed by atoms with Crippen molar-refractivity contribution < 1.29 is 4.79 Å². The Bertz CT molecular complexity index is 748. The first-order valence-electron chi connectivity index (χ1n) is 9.88. The van der Waals surface area contributed by atoms with Gasteiger partial charge in [-0.2, -0.15) is 0 Å². The highest BCUT2D eigenvalue weighted by molar-refractivity contribution is 5.80. The molecule has 1 aliphatic carbocycles. The van der Waals surface area contributed by atoms with Crippen molar-refractivity contribution in [2.75, 3.05) is 6.54 Å². The minimum Gasteiger partial charge on any atom is -0.352 e. The number of allylic oxidation sites excluding steroid dienone is 8. The smallest absolute Gasteiger partial charge is 0.224 e. The third-order valence-electron chi connectivity index (χ3n) is 4.42. The molecule has 2 rings (SSSR count). The fourth-order valence-electron chi connectivity index (χ4n) is 2.67. The lowest BCUT2D eigenvalue weighted by molar-refractivity contribution is -0.120. The van der Waals surface area contributed by atoms with Gasteiger partial charge in [0.15, 0.2) is 0 Å². The molecule has 2 nitrogen and oxygen atoms in total. The Balaban J connectivity index is 0.00000190. The second-order valence-corrected chi connectivity index (χ2v) is 6.50. The Labute approximate surface area is 170 Å². The summed E-state index contributed by atoms with van der Waals surface area (Å²) in [4.78, 5) is 12.1. The van der Waals surface area contributed by atoms with E-state index in [1.165, 1.54) is 16.7 Å². The van der Waals surface area contributed by atoms with Gasteiger partial charge in [0.25, 0.3) is 0 Å². The van der Waals surface area contributed by atoms with Crippen LogP contribution in [-0.4, -0.2) is 12.5 Å². The quantitative estimate of drug-likeness (QED) is 0.512. The van der Waals surface area contributed by atoms with Crippen LogP contribution in [0.25, 0.3) is 5.57 Å². The Hall–Kier alpha value is -2.87.